The third-order valence-electron chi connectivity index (χ3n) is 3.69. The van der Waals surface area contributed by atoms with Crippen LogP contribution >= 0.6 is 27.3 Å². The molecule has 0 radical (unpaired) electrons. The van der Waals surface area contributed by atoms with E-state index in [0.717, 1.165) is 15.0 Å². The number of hydrogen-bond donors (Lipinski definition) is 0. The Morgan fingerprint density at radius 1 is 1.25 bits per heavy atom. The molecule has 4 nitrogen and oxygen atoms in total. The van der Waals surface area contributed by atoms with E-state index in [0.29, 0.717) is 11.4 Å². The lowest BCUT2D eigenvalue weighted by Gasteiger charge is -2.21. The van der Waals surface area contributed by atoms with Gasteiger partial charge in [-0.3, -0.25) is 4.79 Å². The van der Waals surface area contributed by atoms with Gasteiger partial charge in [0, 0.05) is 20.7 Å². The van der Waals surface area contributed by atoms with E-state index in [1.165, 1.54) is 18.4 Å². The summed E-state index contributed by atoms with van der Waals surface area (Å²) >= 11 is 4.94. The zero-order valence-corrected chi connectivity index (χ0v) is 15.5. The molecule has 0 N–H and O–H groups in total. The van der Waals surface area contributed by atoms with Gasteiger partial charge in [-0.1, -0.05) is 22.0 Å². The number of esters is 1. The van der Waals surface area contributed by atoms with Crippen LogP contribution in [0.2, 0.25) is 0 Å². The minimum atomic E-state index is -0.616. The van der Waals surface area contributed by atoms with Gasteiger partial charge in [-0.25, -0.2) is 4.79 Å². The van der Waals surface area contributed by atoms with Gasteiger partial charge in [0.1, 0.15) is 5.57 Å². The van der Waals surface area contributed by atoms with Crippen molar-refractivity contribution in [2.75, 3.05) is 12.0 Å². The number of methoxy groups -OCH3 is 1. The zero-order chi connectivity index (χ0) is 17.3. The Morgan fingerprint density at radius 2 is 1.96 bits per heavy atom. The summed E-state index contributed by atoms with van der Waals surface area (Å²) in [6, 6.07) is 11.4. The number of anilines is 1. The molecule has 1 aromatic heterocycles. The van der Waals surface area contributed by atoms with Crippen molar-refractivity contribution in [3.05, 3.63) is 68.1 Å². The molecule has 0 saturated carbocycles. The van der Waals surface area contributed by atoms with Gasteiger partial charge >= 0.3 is 5.97 Å². The Morgan fingerprint density at radius 3 is 2.54 bits per heavy atom. The number of hydrogen-bond acceptors (Lipinski definition) is 5. The molecule has 0 amide bonds. The molecule has 1 aliphatic rings. The Bertz CT molecular complexity index is 851. The number of benzene rings is 1. The van der Waals surface area contributed by atoms with E-state index in [1.54, 1.807) is 17.9 Å². The van der Waals surface area contributed by atoms with Crippen molar-refractivity contribution in [3.63, 3.8) is 0 Å². The van der Waals surface area contributed by atoms with Gasteiger partial charge in [0.05, 0.1) is 12.8 Å². The van der Waals surface area contributed by atoms with Gasteiger partial charge in [0.15, 0.2) is 0 Å². The third kappa shape index (κ3) is 2.95. The highest BCUT2D eigenvalue weighted by atomic mass is 79.9. The van der Waals surface area contributed by atoms with Crippen molar-refractivity contribution >= 4 is 50.8 Å². The summed E-state index contributed by atoms with van der Waals surface area (Å²) in [6.45, 7) is 1.75. The van der Waals surface area contributed by atoms with Crippen LogP contribution in [0.3, 0.4) is 0 Å². The number of halogens is 1. The average molecular weight is 404 g/mol. The van der Waals surface area contributed by atoms with Crippen LogP contribution < -0.4 is 4.90 Å². The van der Waals surface area contributed by atoms with Gasteiger partial charge in [-0.2, -0.15) is 0 Å². The molecule has 24 heavy (non-hydrogen) atoms. The largest absolute Gasteiger partial charge is 0.465 e. The monoisotopic (exact) mass is 403 g/mol. The maximum absolute atomic E-state index is 12.8. The molecular formula is C18H14BrNO3S. The molecule has 0 aliphatic carbocycles. The average Bonchev–Trinajstić information content (AvgIpc) is 3.16. The molecule has 6 heteroatoms. The van der Waals surface area contributed by atoms with Crippen LogP contribution in [0.25, 0.3) is 6.08 Å². The molecule has 0 saturated heterocycles. The van der Waals surface area contributed by atoms with Crippen molar-refractivity contribution < 1.29 is 14.3 Å². The van der Waals surface area contributed by atoms with E-state index in [-0.39, 0.29) is 11.4 Å². The lowest BCUT2D eigenvalue weighted by molar-refractivity contribution is -0.137. The minimum Gasteiger partial charge on any atom is -0.465 e. The Hall–Kier alpha value is -2.18. The van der Waals surface area contributed by atoms with Gasteiger partial charge in [0.25, 0.3) is 0 Å². The highest BCUT2D eigenvalue weighted by Gasteiger charge is 2.38. The Labute approximate surface area is 152 Å². The number of carbonyl (C=O) groups is 2. The van der Waals surface area contributed by atoms with E-state index < -0.39 is 5.97 Å². The number of ketones is 1. The summed E-state index contributed by atoms with van der Waals surface area (Å²) in [5.74, 6) is -0.940. The van der Waals surface area contributed by atoms with Crippen molar-refractivity contribution in [1.82, 2.24) is 0 Å². The van der Waals surface area contributed by atoms with E-state index in [2.05, 4.69) is 15.9 Å². The highest BCUT2D eigenvalue weighted by molar-refractivity contribution is 9.10. The minimum absolute atomic E-state index is 0.0724. The van der Waals surface area contributed by atoms with Crippen molar-refractivity contribution in [2.45, 2.75) is 6.92 Å². The smallest absolute Gasteiger partial charge is 0.343 e. The van der Waals surface area contributed by atoms with Crippen molar-refractivity contribution in [3.8, 4) is 0 Å². The summed E-state index contributed by atoms with van der Waals surface area (Å²) in [5, 5.41) is 1.94. The summed E-state index contributed by atoms with van der Waals surface area (Å²) in [5.41, 5.74) is 1.89. The normalized spacial score (nSPS) is 16.2. The summed E-state index contributed by atoms with van der Waals surface area (Å²) in [7, 11) is 1.28. The lowest BCUT2D eigenvalue weighted by atomic mass is 10.1. The fraction of sp³-hybridized carbons (Fsp3) is 0.111. The summed E-state index contributed by atoms with van der Waals surface area (Å²) < 4.78 is 5.73. The maximum atomic E-state index is 12.8. The molecule has 1 aliphatic heterocycles. The topological polar surface area (TPSA) is 46.6 Å². The maximum Gasteiger partial charge on any atom is 0.343 e. The summed E-state index contributed by atoms with van der Waals surface area (Å²) in [4.78, 5) is 27.6. The van der Waals surface area contributed by atoms with E-state index >= 15 is 0 Å². The Kier molecular flexibility index (Phi) is 4.69. The fourth-order valence-corrected chi connectivity index (χ4v) is 3.51. The fourth-order valence-electron chi connectivity index (χ4n) is 2.59. The van der Waals surface area contributed by atoms with Crippen LogP contribution in [0.5, 0.6) is 0 Å². The van der Waals surface area contributed by atoms with Gasteiger partial charge in [-0.15, -0.1) is 11.3 Å². The number of Topliss-reactive ketones (excluding diaryl/α,β-unsaturated/α-hetero) is 1. The van der Waals surface area contributed by atoms with Crippen LogP contribution in [0, 0.1) is 0 Å². The molecule has 0 bridgehead atoms. The molecule has 0 unspecified atom stereocenters. The molecule has 3 rings (SSSR count). The number of ether oxygens (including phenoxy) is 1. The lowest BCUT2D eigenvalue weighted by Crippen LogP contribution is -2.18. The zero-order valence-electron chi connectivity index (χ0n) is 13.1. The van der Waals surface area contributed by atoms with Crippen molar-refractivity contribution in [2.24, 2.45) is 0 Å². The van der Waals surface area contributed by atoms with Gasteiger partial charge in [0.2, 0.25) is 5.78 Å². The molecule has 0 fully saturated rings. The molecule has 0 atom stereocenters. The third-order valence-corrected chi connectivity index (χ3v) is 5.04. The molecule has 122 valence electrons. The van der Waals surface area contributed by atoms with Crippen LogP contribution in [-0.4, -0.2) is 18.9 Å². The number of thiophene rings is 1. The second-order valence-electron chi connectivity index (χ2n) is 5.14. The molecule has 2 aromatic rings. The SMILES string of the molecule is COC(=O)C1=C(C)N(c2ccc(Br)cc2)C(=Cc2cccs2)C1=O. The number of rotatable bonds is 3. The Balaban J connectivity index is 2.15. The first-order valence-corrected chi connectivity index (χ1v) is 8.85. The molecule has 0 spiro atoms. The van der Waals surface area contributed by atoms with Crippen molar-refractivity contribution in [1.29, 1.82) is 0 Å². The second kappa shape index (κ2) is 6.75. The first-order valence-electron chi connectivity index (χ1n) is 7.17. The predicted molar refractivity (Wildman–Crippen MR) is 98.6 cm³/mol. The van der Waals surface area contributed by atoms with Crippen LogP contribution in [0.15, 0.2) is 63.2 Å². The quantitative estimate of drug-likeness (QED) is 0.433. The van der Waals surface area contributed by atoms with E-state index in [9.17, 15) is 9.59 Å². The number of nitrogens with zero attached hydrogens (tertiary/aromatic N) is 1. The first-order chi connectivity index (χ1) is 11.5. The standard InChI is InChI=1S/C18H14BrNO3S/c1-11-16(18(22)23-2)17(21)15(10-14-4-3-9-24-14)20(11)13-7-5-12(19)6-8-13/h3-10H,1-2H3. The van der Waals surface area contributed by atoms with E-state index in [4.69, 9.17) is 4.74 Å². The van der Waals surface area contributed by atoms with Gasteiger partial charge < -0.3 is 9.64 Å². The van der Waals surface area contributed by atoms with Crippen LogP contribution in [-0.2, 0) is 14.3 Å². The molecule has 1 aromatic carbocycles. The summed E-state index contributed by atoms with van der Waals surface area (Å²) in [6.07, 6.45) is 1.80. The van der Waals surface area contributed by atoms with E-state index in [1.807, 2.05) is 41.8 Å². The second-order valence-corrected chi connectivity index (χ2v) is 7.03. The first kappa shape index (κ1) is 16.7. The number of allylic oxidation sites excluding steroid dienone is 2. The van der Waals surface area contributed by atoms with Gasteiger partial charge in [-0.05, 0) is 48.7 Å². The van der Waals surface area contributed by atoms with Crippen LogP contribution in [0.1, 0.15) is 11.8 Å². The molecule has 2 heterocycles. The highest BCUT2D eigenvalue weighted by Crippen LogP contribution is 2.36. The number of carbonyl (C=O) groups excluding carboxylic acids is 2. The van der Waals surface area contributed by atoms with Crippen LogP contribution in [0.4, 0.5) is 5.69 Å². The predicted octanol–water partition coefficient (Wildman–Crippen LogP) is 4.39. The molecular weight excluding hydrogens is 390 g/mol.